The Balaban J connectivity index is 1.56. The van der Waals surface area contributed by atoms with E-state index in [9.17, 15) is 0 Å². The van der Waals surface area contributed by atoms with E-state index in [0.29, 0.717) is 0 Å². The summed E-state index contributed by atoms with van der Waals surface area (Å²) in [6, 6.07) is 8.98. The SMILES string of the molecule is OCc1cccc(CNC2CC3CCC2C3)c1. The van der Waals surface area contributed by atoms with Crippen LogP contribution in [-0.4, -0.2) is 11.1 Å². The molecule has 3 unspecified atom stereocenters. The molecule has 0 aromatic heterocycles. The van der Waals surface area contributed by atoms with Crippen LogP contribution < -0.4 is 5.32 Å². The highest BCUT2D eigenvalue weighted by Crippen LogP contribution is 2.44. The van der Waals surface area contributed by atoms with Crippen molar-refractivity contribution in [3.05, 3.63) is 35.4 Å². The lowest BCUT2D eigenvalue weighted by Crippen LogP contribution is -2.33. The molecule has 0 aliphatic heterocycles. The number of hydrogen-bond acceptors (Lipinski definition) is 2. The summed E-state index contributed by atoms with van der Waals surface area (Å²) in [5, 5.41) is 12.8. The van der Waals surface area contributed by atoms with Crippen LogP contribution >= 0.6 is 0 Å². The van der Waals surface area contributed by atoms with E-state index >= 15 is 0 Å². The fourth-order valence-corrected chi connectivity index (χ4v) is 3.58. The van der Waals surface area contributed by atoms with E-state index < -0.39 is 0 Å². The van der Waals surface area contributed by atoms with Crippen molar-refractivity contribution < 1.29 is 5.11 Å². The fraction of sp³-hybridized carbons (Fsp3) is 0.600. The average molecular weight is 231 g/mol. The van der Waals surface area contributed by atoms with E-state index in [-0.39, 0.29) is 6.61 Å². The van der Waals surface area contributed by atoms with Crippen molar-refractivity contribution in [1.29, 1.82) is 0 Å². The summed E-state index contributed by atoms with van der Waals surface area (Å²) in [4.78, 5) is 0. The standard InChI is InChI=1S/C15H21NO/c17-10-13-3-1-2-12(6-13)9-16-15-8-11-4-5-14(15)7-11/h1-3,6,11,14-17H,4-5,7-10H2. The van der Waals surface area contributed by atoms with Gasteiger partial charge in [0.1, 0.15) is 0 Å². The second kappa shape index (κ2) is 4.79. The van der Waals surface area contributed by atoms with Gasteiger partial charge in [-0.05, 0) is 42.2 Å². The van der Waals surface area contributed by atoms with E-state index in [1.165, 1.54) is 31.2 Å². The molecule has 3 atom stereocenters. The second-order valence-electron chi connectivity index (χ2n) is 5.64. The first-order valence-electron chi connectivity index (χ1n) is 6.77. The van der Waals surface area contributed by atoms with Crippen molar-refractivity contribution in [3.8, 4) is 0 Å². The Kier molecular flexibility index (Phi) is 3.17. The van der Waals surface area contributed by atoms with E-state index in [0.717, 1.165) is 30.0 Å². The number of fused-ring (bicyclic) bond motifs is 2. The van der Waals surface area contributed by atoms with Crippen LogP contribution in [0.2, 0.25) is 0 Å². The van der Waals surface area contributed by atoms with Gasteiger partial charge in [-0.2, -0.15) is 0 Å². The van der Waals surface area contributed by atoms with Crippen molar-refractivity contribution >= 4 is 0 Å². The molecule has 2 N–H and O–H groups in total. The first-order chi connectivity index (χ1) is 8.35. The number of aliphatic hydroxyl groups excluding tert-OH is 1. The van der Waals surface area contributed by atoms with E-state index in [2.05, 4.69) is 17.4 Å². The summed E-state index contributed by atoms with van der Waals surface area (Å²) in [7, 11) is 0. The summed E-state index contributed by atoms with van der Waals surface area (Å²) in [6.45, 7) is 1.09. The number of hydrogen-bond donors (Lipinski definition) is 2. The molecule has 2 aliphatic carbocycles. The van der Waals surface area contributed by atoms with Gasteiger partial charge in [-0.3, -0.25) is 0 Å². The maximum absolute atomic E-state index is 9.11. The molecule has 2 bridgehead atoms. The van der Waals surface area contributed by atoms with E-state index in [1.807, 2.05) is 12.1 Å². The van der Waals surface area contributed by atoms with Crippen molar-refractivity contribution in [1.82, 2.24) is 5.32 Å². The van der Waals surface area contributed by atoms with Gasteiger partial charge < -0.3 is 10.4 Å². The number of aliphatic hydroxyl groups is 1. The minimum absolute atomic E-state index is 0.141. The van der Waals surface area contributed by atoms with Gasteiger partial charge in [-0.25, -0.2) is 0 Å². The molecule has 3 rings (SSSR count). The van der Waals surface area contributed by atoms with Crippen molar-refractivity contribution in [2.24, 2.45) is 11.8 Å². The molecule has 1 aromatic rings. The normalized spacial score (nSPS) is 31.0. The number of rotatable bonds is 4. The Labute approximate surface area is 103 Å². The Hall–Kier alpha value is -0.860. The summed E-state index contributed by atoms with van der Waals surface area (Å²) >= 11 is 0. The fourth-order valence-electron chi connectivity index (χ4n) is 3.58. The van der Waals surface area contributed by atoms with Crippen molar-refractivity contribution in [3.63, 3.8) is 0 Å². The van der Waals surface area contributed by atoms with Crippen molar-refractivity contribution in [2.45, 2.75) is 44.9 Å². The maximum atomic E-state index is 9.11. The molecule has 1 aromatic carbocycles. The van der Waals surface area contributed by atoms with Crippen LogP contribution in [0.25, 0.3) is 0 Å². The third kappa shape index (κ3) is 2.38. The highest BCUT2D eigenvalue weighted by atomic mass is 16.3. The van der Waals surface area contributed by atoms with Crippen LogP contribution in [-0.2, 0) is 13.2 Å². The van der Waals surface area contributed by atoms with Gasteiger partial charge >= 0.3 is 0 Å². The lowest BCUT2D eigenvalue weighted by atomic mass is 9.95. The first-order valence-corrected chi connectivity index (χ1v) is 6.77. The Bertz CT molecular complexity index is 390. The van der Waals surface area contributed by atoms with E-state index in [4.69, 9.17) is 5.11 Å². The van der Waals surface area contributed by atoms with Crippen LogP contribution in [0.4, 0.5) is 0 Å². The minimum Gasteiger partial charge on any atom is -0.392 e. The van der Waals surface area contributed by atoms with Crippen LogP contribution in [0.3, 0.4) is 0 Å². The Morgan fingerprint density at radius 3 is 2.76 bits per heavy atom. The highest BCUT2D eigenvalue weighted by molar-refractivity contribution is 5.22. The summed E-state index contributed by atoms with van der Waals surface area (Å²) in [5.74, 6) is 1.93. The third-order valence-corrected chi connectivity index (χ3v) is 4.48. The molecule has 0 spiro atoms. The molecule has 2 heteroatoms. The minimum atomic E-state index is 0.141. The molecule has 0 saturated heterocycles. The predicted octanol–water partition coefficient (Wildman–Crippen LogP) is 2.46. The quantitative estimate of drug-likeness (QED) is 0.834. The molecule has 0 amide bonds. The lowest BCUT2D eigenvalue weighted by molar-refractivity contribution is 0.281. The van der Waals surface area contributed by atoms with Gasteiger partial charge in [-0.15, -0.1) is 0 Å². The molecular weight excluding hydrogens is 210 g/mol. The van der Waals surface area contributed by atoms with E-state index in [1.54, 1.807) is 0 Å². The number of benzene rings is 1. The second-order valence-corrected chi connectivity index (χ2v) is 5.64. The summed E-state index contributed by atoms with van der Waals surface area (Å²) < 4.78 is 0. The number of nitrogens with one attached hydrogen (secondary N) is 1. The zero-order chi connectivity index (χ0) is 11.7. The molecule has 0 heterocycles. The lowest BCUT2D eigenvalue weighted by Gasteiger charge is -2.23. The maximum Gasteiger partial charge on any atom is 0.0681 e. The molecule has 92 valence electrons. The van der Waals surface area contributed by atoms with Gasteiger partial charge in [0.25, 0.3) is 0 Å². The largest absolute Gasteiger partial charge is 0.392 e. The van der Waals surface area contributed by atoms with Gasteiger partial charge in [0, 0.05) is 12.6 Å². The predicted molar refractivity (Wildman–Crippen MR) is 68.4 cm³/mol. The van der Waals surface area contributed by atoms with Crippen LogP contribution in [0.15, 0.2) is 24.3 Å². The Morgan fingerprint density at radius 2 is 2.06 bits per heavy atom. The van der Waals surface area contributed by atoms with Gasteiger partial charge in [-0.1, -0.05) is 30.7 Å². The Morgan fingerprint density at radius 1 is 1.18 bits per heavy atom. The molecular formula is C15H21NO. The van der Waals surface area contributed by atoms with Gasteiger partial charge in [0.05, 0.1) is 6.61 Å². The van der Waals surface area contributed by atoms with Crippen LogP contribution in [0.5, 0.6) is 0 Å². The zero-order valence-electron chi connectivity index (χ0n) is 10.2. The molecule has 2 saturated carbocycles. The molecule has 17 heavy (non-hydrogen) atoms. The van der Waals surface area contributed by atoms with Gasteiger partial charge in [0.2, 0.25) is 0 Å². The molecule has 2 nitrogen and oxygen atoms in total. The van der Waals surface area contributed by atoms with Crippen molar-refractivity contribution in [2.75, 3.05) is 0 Å². The molecule has 2 aliphatic rings. The molecule has 2 fully saturated rings. The third-order valence-electron chi connectivity index (χ3n) is 4.48. The first kappa shape index (κ1) is 11.2. The van der Waals surface area contributed by atoms with Gasteiger partial charge in [0.15, 0.2) is 0 Å². The van der Waals surface area contributed by atoms with Crippen LogP contribution in [0.1, 0.15) is 36.8 Å². The van der Waals surface area contributed by atoms with Crippen LogP contribution in [0, 0.1) is 11.8 Å². The summed E-state index contributed by atoms with van der Waals surface area (Å²) in [5.41, 5.74) is 2.30. The summed E-state index contributed by atoms with van der Waals surface area (Å²) in [6.07, 6.45) is 5.72. The smallest absolute Gasteiger partial charge is 0.0681 e. The monoisotopic (exact) mass is 231 g/mol. The average Bonchev–Trinajstić information content (AvgIpc) is 2.99. The highest BCUT2D eigenvalue weighted by Gasteiger charge is 2.38. The zero-order valence-corrected chi connectivity index (χ0v) is 10.2. The molecule has 0 radical (unpaired) electrons. The topological polar surface area (TPSA) is 32.3 Å².